The van der Waals surface area contributed by atoms with E-state index in [0.717, 1.165) is 29.5 Å². The summed E-state index contributed by atoms with van der Waals surface area (Å²) < 4.78 is 11.3. The average Bonchev–Trinajstić information content (AvgIpc) is 3.49. The van der Waals surface area contributed by atoms with Crippen molar-refractivity contribution in [3.8, 4) is 11.5 Å². The van der Waals surface area contributed by atoms with Gasteiger partial charge in [0.05, 0.1) is 16.5 Å². The number of thioether (sulfide) groups is 1. The Bertz CT molecular complexity index is 1230. The Labute approximate surface area is 223 Å². The van der Waals surface area contributed by atoms with Crippen LogP contribution in [0.5, 0.6) is 11.5 Å². The number of benzene rings is 2. The van der Waals surface area contributed by atoms with Crippen LogP contribution in [0.3, 0.4) is 0 Å². The van der Waals surface area contributed by atoms with Crippen molar-refractivity contribution < 1.29 is 28.7 Å². The Morgan fingerprint density at radius 2 is 1.84 bits per heavy atom. The normalized spacial score (nSPS) is 16.4. The second-order valence-electron chi connectivity index (χ2n) is 8.32. The van der Waals surface area contributed by atoms with Crippen LogP contribution < -0.4 is 14.8 Å². The summed E-state index contributed by atoms with van der Waals surface area (Å²) in [5, 5.41) is 2.40. The number of rotatable bonds is 9. The highest BCUT2D eigenvalue weighted by Gasteiger charge is 2.37. The number of amides is 4. The molecule has 0 aliphatic carbocycles. The van der Waals surface area contributed by atoms with Gasteiger partial charge >= 0.3 is 0 Å². The van der Waals surface area contributed by atoms with Crippen LogP contribution in [0.15, 0.2) is 47.4 Å². The lowest BCUT2D eigenvalue weighted by atomic mass is 10.1. The second-order valence-corrected chi connectivity index (χ2v) is 9.72. The number of hydrogen-bond donors (Lipinski definition) is 1. The van der Waals surface area contributed by atoms with Crippen LogP contribution in [0.2, 0.25) is 5.02 Å². The molecule has 2 fully saturated rings. The minimum absolute atomic E-state index is 0.174. The monoisotopic (exact) mass is 543 g/mol. The number of nitrogens with one attached hydrogen (secondary N) is 1. The molecule has 194 valence electrons. The van der Waals surface area contributed by atoms with Crippen molar-refractivity contribution in [3.63, 3.8) is 0 Å². The maximum atomic E-state index is 12.9. The molecule has 0 bridgehead atoms. The van der Waals surface area contributed by atoms with Crippen molar-refractivity contribution in [2.24, 2.45) is 0 Å². The van der Waals surface area contributed by atoms with Gasteiger partial charge in [-0.15, -0.1) is 0 Å². The van der Waals surface area contributed by atoms with Gasteiger partial charge in [-0.2, -0.15) is 0 Å². The Kier molecular flexibility index (Phi) is 8.73. The zero-order valence-corrected chi connectivity index (χ0v) is 21.8. The van der Waals surface area contributed by atoms with Gasteiger partial charge in [-0.3, -0.25) is 24.1 Å². The van der Waals surface area contributed by atoms with Crippen molar-refractivity contribution in [2.75, 3.05) is 38.2 Å². The molecule has 4 amide bonds. The molecule has 2 aliphatic heterocycles. The van der Waals surface area contributed by atoms with Crippen LogP contribution >= 0.6 is 23.4 Å². The summed E-state index contributed by atoms with van der Waals surface area (Å²) in [5.74, 6) is -0.661. The molecule has 0 radical (unpaired) electrons. The molecule has 1 N–H and O–H groups in total. The summed E-state index contributed by atoms with van der Waals surface area (Å²) in [6.45, 7) is 2.82. The number of ether oxygens (including phenoxy) is 2. The minimum atomic E-state index is -0.533. The third kappa shape index (κ3) is 6.64. The lowest BCUT2D eigenvalue weighted by molar-refractivity contribution is -0.135. The number of para-hydroxylation sites is 1. The summed E-state index contributed by atoms with van der Waals surface area (Å²) in [4.78, 5) is 52.9. The smallest absolute Gasteiger partial charge is 0.294 e. The maximum Gasteiger partial charge on any atom is 0.294 e. The maximum absolute atomic E-state index is 12.9. The zero-order chi connectivity index (χ0) is 26.4. The van der Waals surface area contributed by atoms with Crippen molar-refractivity contribution in [3.05, 3.63) is 58.0 Å². The standard InChI is InChI=1S/C26H26ClN3O6S/c1-2-35-20-13-17(12-19(27)24(20)36-16-22(31)28-18-8-4-3-5-9-18)14-21-25(33)30(26(34)37-21)15-23(32)29-10-6-7-11-29/h3-5,8-9,12-14H,2,6-7,10-11,15-16H2,1H3,(H,28,31)/b21-14+. The van der Waals surface area contributed by atoms with E-state index in [9.17, 15) is 19.2 Å². The number of likely N-dealkylation sites (tertiary alicyclic amines) is 1. The first-order chi connectivity index (χ1) is 17.9. The number of carbonyl (C=O) groups is 4. The molecule has 4 rings (SSSR count). The summed E-state index contributed by atoms with van der Waals surface area (Å²) in [6.07, 6.45) is 3.37. The molecular formula is C26H26ClN3O6S. The van der Waals surface area contributed by atoms with E-state index >= 15 is 0 Å². The molecule has 2 aromatic carbocycles. The van der Waals surface area contributed by atoms with Gasteiger partial charge in [-0.05, 0) is 67.4 Å². The quantitative estimate of drug-likeness (QED) is 0.467. The highest BCUT2D eigenvalue weighted by atomic mass is 35.5. The van der Waals surface area contributed by atoms with Crippen molar-refractivity contribution >= 4 is 58.1 Å². The SMILES string of the molecule is CCOc1cc(/C=C2/SC(=O)N(CC(=O)N3CCCC3)C2=O)cc(Cl)c1OCC(=O)Nc1ccccc1. The molecular weight excluding hydrogens is 518 g/mol. The lowest BCUT2D eigenvalue weighted by Gasteiger charge is -2.18. The first-order valence-corrected chi connectivity index (χ1v) is 13.0. The van der Waals surface area contributed by atoms with Crippen molar-refractivity contribution in [1.29, 1.82) is 0 Å². The number of hydrogen-bond acceptors (Lipinski definition) is 7. The van der Waals surface area contributed by atoms with E-state index < -0.39 is 11.1 Å². The van der Waals surface area contributed by atoms with E-state index in [2.05, 4.69) is 5.32 Å². The molecule has 2 heterocycles. The Hall–Kier alpha value is -3.50. The fourth-order valence-corrected chi connectivity index (χ4v) is 5.03. The van der Waals surface area contributed by atoms with Crippen LogP contribution in [0.1, 0.15) is 25.3 Å². The molecule has 2 saturated heterocycles. The first kappa shape index (κ1) is 26.6. The van der Waals surface area contributed by atoms with Gasteiger partial charge in [-0.1, -0.05) is 29.8 Å². The zero-order valence-electron chi connectivity index (χ0n) is 20.2. The van der Waals surface area contributed by atoms with E-state index in [1.165, 1.54) is 6.08 Å². The van der Waals surface area contributed by atoms with Crippen molar-refractivity contribution in [1.82, 2.24) is 9.80 Å². The molecule has 0 spiro atoms. The summed E-state index contributed by atoms with van der Waals surface area (Å²) >= 11 is 7.21. The predicted octanol–water partition coefficient (Wildman–Crippen LogP) is 4.41. The Balaban J connectivity index is 1.46. The Morgan fingerprint density at radius 3 is 2.54 bits per heavy atom. The molecule has 9 nitrogen and oxygen atoms in total. The van der Waals surface area contributed by atoms with E-state index in [-0.39, 0.29) is 46.4 Å². The first-order valence-electron chi connectivity index (χ1n) is 11.8. The van der Waals surface area contributed by atoms with Crippen LogP contribution in [-0.4, -0.2) is 65.6 Å². The minimum Gasteiger partial charge on any atom is -0.490 e. The topological polar surface area (TPSA) is 105 Å². The largest absolute Gasteiger partial charge is 0.490 e. The molecule has 0 saturated carbocycles. The number of nitrogens with zero attached hydrogens (tertiary/aromatic N) is 2. The van der Waals surface area contributed by atoms with Gasteiger partial charge in [0.2, 0.25) is 5.91 Å². The third-order valence-electron chi connectivity index (χ3n) is 5.66. The predicted molar refractivity (Wildman–Crippen MR) is 142 cm³/mol. The number of halogens is 1. The number of imide groups is 1. The summed E-state index contributed by atoms with van der Waals surface area (Å²) in [7, 11) is 0. The summed E-state index contributed by atoms with van der Waals surface area (Å²) in [6, 6.07) is 12.1. The molecule has 0 atom stereocenters. The molecule has 0 unspecified atom stereocenters. The number of anilines is 1. The van der Waals surface area contributed by atoms with Gasteiger partial charge in [0.15, 0.2) is 18.1 Å². The highest BCUT2D eigenvalue weighted by Crippen LogP contribution is 2.39. The summed E-state index contributed by atoms with van der Waals surface area (Å²) in [5.41, 5.74) is 1.14. The fraction of sp³-hybridized carbons (Fsp3) is 0.308. The van der Waals surface area contributed by atoms with E-state index in [1.807, 2.05) is 6.07 Å². The molecule has 11 heteroatoms. The van der Waals surface area contributed by atoms with Crippen LogP contribution in [0, 0.1) is 0 Å². The van der Waals surface area contributed by atoms with E-state index in [1.54, 1.807) is 48.2 Å². The van der Waals surface area contributed by atoms with Gasteiger partial charge in [-0.25, -0.2) is 0 Å². The average molecular weight is 544 g/mol. The van der Waals surface area contributed by atoms with Gasteiger partial charge in [0, 0.05) is 18.8 Å². The lowest BCUT2D eigenvalue weighted by Crippen LogP contribution is -2.40. The van der Waals surface area contributed by atoms with Crippen LogP contribution in [0.25, 0.3) is 6.08 Å². The molecule has 2 aromatic rings. The van der Waals surface area contributed by atoms with Gasteiger partial charge in [0.1, 0.15) is 6.54 Å². The highest BCUT2D eigenvalue weighted by molar-refractivity contribution is 8.18. The molecule has 37 heavy (non-hydrogen) atoms. The number of carbonyl (C=O) groups excluding carboxylic acids is 4. The van der Waals surface area contributed by atoms with Gasteiger partial charge in [0.25, 0.3) is 17.1 Å². The Morgan fingerprint density at radius 1 is 1.11 bits per heavy atom. The van der Waals surface area contributed by atoms with Crippen LogP contribution in [0.4, 0.5) is 10.5 Å². The molecule has 0 aromatic heterocycles. The van der Waals surface area contributed by atoms with E-state index in [0.29, 0.717) is 30.9 Å². The van der Waals surface area contributed by atoms with Crippen LogP contribution in [-0.2, 0) is 14.4 Å². The van der Waals surface area contributed by atoms with Gasteiger partial charge < -0.3 is 19.7 Å². The second kappa shape index (κ2) is 12.2. The van der Waals surface area contributed by atoms with E-state index in [4.69, 9.17) is 21.1 Å². The molecule has 2 aliphatic rings. The fourth-order valence-electron chi connectivity index (χ4n) is 3.92. The van der Waals surface area contributed by atoms with Crippen molar-refractivity contribution in [2.45, 2.75) is 19.8 Å². The third-order valence-corrected chi connectivity index (χ3v) is 6.85.